The van der Waals surface area contributed by atoms with Crippen molar-refractivity contribution in [1.29, 1.82) is 0 Å². The smallest absolute Gasteiger partial charge is 0.261 e. The van der Waals surface area contributed by atoms with E-state index in [4.69, 9.17) is 4.74 Å². The number of nitrogens with one attached hydrogen (secondary N) is 1. The Kier molecular flexibility index (Phi) is 8.69. The van der Waals surface area contributed by atoms with Gasteiger partial charge in [0.2, 0.25) is 5.91 Å². The van der Waals surface area contributed by atoms with E-state index in [1.165, 1.54) is 5.56 Å². The Morgan fingerprint density at radius 1 is 1.00 bits per heavy atom. The summed E-state index contributed by atoms with van der Waals surface area (Å²) in [6.45, 7) is 12.2. The summed E-state index contributed by atoms with van der Waals surface area (Å²) in [7, 11) is 0. The molecule has 2 amide bonds. The van der Waals surface area contributed by atoms with Gasteiger partial charge in [0.25, 0.3) is 5.91 Å². The van der Waals surface area contributed by atoms with Gasteiger partial charge in [0.15, 0.2) is 6.61 Å². The molecule has 0 aliphatic heterocycles. The largest absolute Gasteiger partial charge is 0.484 e. The van der Waals surface area contributed by atoms with Crippen LogP contribution in [0.25, 0.3) is 0 Å². The molecule has 2 aromatic rings. The third-order valence-corrected chi connectivity index (χ3v) is 5.48. The highest BCUT2D eigenvalue weighted by Gasteiger charge is 2.27. The van der Waals surface area contributed by atoms with Crippen LogP contribution in [0.4, 0.5) is 0 Å². The number of hydrogen-bond donors (Lipinski definition) is 1. The van der Waals surface area contributed by atoms with Crippen molar-refractivity contribution in [2.45, 2.75) is 65.6 Å². The van der Waals surface area contributed by atoms with Gasteiger partial charge >= 0.3 is 0 Å². The molecule has 6 heteroatoms. The molecule has 5 nitrogen and oxygen atoms in total. The fraction of sp³-hybridized carbons (Fsp3) is 0.440. The van der Waals surface area contributed by atoms with Crippen LogP contribution in [0.2, 0.25) is 0 Å². The molecule has 2 aromatic carbocycles. The molecule has 31 heavy (non-hydrogen) atoms. The summed E-state index contributed by atoms with van der Waals surface area (Å²) in [6.07, 6.45) is 0. The number of hydrogen-bond acceptors (Lipinski definition) is 3. The maximum Gasteiger partial charge on any atom is 0.261 e. The summed E-state index contributed by atoms with van der Waals surface area (Å²) >= 11 is 3.42. The predicted octanol–water partition coefficient (Wildman–Crippen LogP) is 5.07. The molecule has 0 saturated carbocycles. The fourth-order valence-electron chi connectivity index (χ4n) is 3.05. The Hall–Kier alpha value is -2.34. The first kappa shape index (κ1) is 24.9. The van der Waals surface area contributed by atoms with Crippen molar-refractivity contribution in [3.05, 3.63) is 64.1 Å². The molecule has 1 atom stereocenters. The molecule has 0 aromatic heterocycles. The SMILES string of the molecule is CC(C)NC(=O)C(C)N(Cc1ccc(Br)cc1)C(=O)COc1ccc(C(C)(C)C)cc1. The van der Waals surface area contributed by atoms with E-state index in [-0.39, 0.29) is 29.9 Å². The van der Waals surface area contributed by atoms with Crippen LogP contribution in [-0.4, -0.2) is 35.4 Å². The van der Waals surface area contributed by atoms with Gasteiger partial charge in [0, 0.05) is 17.1 Å². The minimum absolute atomic E-state index is 0.00263. The zero-order chi connectivity index (χ0) is 23.2. The minimum Gasteiger partial charge on any atom is -0.484 e. The van der Waals surface area contributed by atoms with Gasteiger partial charge in [0.1, 0.15) is 11.8 Å². The standard InChI is InChI=1S/C25H33BrN2O3/c1-17(2)27-24(30)18(3)28(15-19-7-11-21(26)12-8-19)23(29)16-31-22-13-9-20(10-14-22)25(4,5)6/h7-14,17-18H,15-16H2,1-6H3,(H,27,30). The van der Waals surface area contributed by atoms with Crippen LogP contribution in [0.3, 0.4) is 0 Å². The summed E-state index contributed by atoms with van der Waals surface area (Å²) < 4.78 is 6.71. The van der Waals surface area contributed by atoms with Crippen LogP contribution < -0.4 is 10.1 Å². The highest BCUT2D eigenvalue weighted by Crippen LogP contribution is 2.24. The van der Waals surface area contributed by atoms with Gasteiger partial charge in [-0.2, -0.15) is 0 Å². The fourth-order valence-corrected chi connectivity index (χ4v) is 3.32. The highest BCUT2D eigenvalue weighted by molar-refractivity contribution is 9.10. The molecular formula is C25H33BrN2O3. The number of benzene rings is 2. The monoisotopic (exact) mass is 488 g/mol. The van der Waals surface area contributed by atoms with Crippen LogP contribution in [0.1, 0.15) is 52.7 Å². The molecule has 0 aliphatic carbocycles. The number of halogens is 1. The Bertz CT molecular complexity index is 871. The van der Waals surface area contributed by atoms with E-state index in [1.54, 1.807) is 11.8 Å². The number of nitrogens with zero attached hydrogens (tertiary/aromatic N) is 1. The molecule has 0 heterocycles. The topological polar surface area (TPSA) is 58.6 Å². The van der Waals surface area contributed by atoms with Crippen molar-refractivity contribution in [3.63, 3.8) is 0 Å². The van der Waals surface area contributed by atoms with Gasteiger partial charge < -0.3 is 15.0 Å². The van der Waals surface area contributed by atoms with Gasteiger partial charge in [-0.1, -0.05) is 61.0 Å². The van der Waals surface area contributed by atoms with Crippen LogP contribution in [0.15, 0.2) is 53.0 Å². The average molecular weight is 489 g/mol. The summed E-state index contributed by atoms with van der Waals surface area (Å²) in [5, 5.41) is 2.89. The lowest BCUT2D eigenvalue weighted by Crippen LogP contribution is -2.50. The van der Waals surface area contributed by atoms with Crippen molar-refractivity contribution >= 4 is 27.7 Å². The molecule has 2 rings (SSSR count). The van der Waals surface area contributed by atoms with Crippen LogP contribution in [-0.2, 0) is 21.5 Å². The van der Waals surface area contributed by atoms with E-state index in [0.29, 0.717) is 12.3 Å². The van der Waals surface area contributed by atoms with Crippen molar-refractivity contribution in [2.75, 3.05) is 6.61 Å². The molecule has 0 saturated heterocycles. The van der Waals surface area contributed by atoms with Crippen molar-refractivity contribution in [2.24, 2.45) is 0 Å². The summed E-state index contributed by atoms with van der Waals surface area (Å²) in [4.78, 5) is 27.2. The molecule has 0 aliphatic rings. The van der Waals surface area contributed by atoms with Crippen LogP contribution >= 0.6 is 15.9 Å². The quantitative estimate of drug-likeness (QED) is 0.564. The number of ether oxygens (including phenoxy) is 1. The lowest BCUT2D eigenvalue weighted by Gasteiger charge is -2.29. The molecule has 0 fully saturated rings. The predicted molar refractivity (Wildman–Crippen MR) is 128 cm³/mol. The maximum absolute atomic E-state index is 13.1. The zero-order valence-electron chi connectivity index (χ0n) is 19.2. The molecule has 0 bridgehead atoms. The first-order valence-electron chi connectivity index (χ1n) is 10.5. The van der Waals surface area contributed by atoms with E-state index < -0.39 is 6.04 Å². The maximum atomic E-state index is 13.1. The van der Waals surface area contributed by atoms with Crippen LogP contribution in [0, 0.1) is 0 Å². The Morgan fingerprint density at radius 2 is 1.58 bits per heavy atom. The lowest BCUT2D eigenvalue weighted by molar-refractivity contribution is -0.142. The number of amides is 2. The summed E-state index contributed by atoms with van der Waals surface area (Å²) in [5.41, 5.74) is 2.19. The second-order valence-electron chi connectivity index (χ2n) is 9.05. The highest BCUT2D eigenvalue weighted by atomic mass is 79.9. The first-order chi connectivity index (χ1) is 14.5. The van der Waals surface area contributed by atoms with Gasteiger partial charge in [-0.25, -0.2) is 0 Å². The number of carbonyl (C=O) groups is 2. The van der Waals surface area contributed by atoms with Crippen molar-refractivity contribution in [3.8, 4) is 5.75 Å². The molecule has 0 radical (unpaired) electrons. The molecule has 1 unspecified atom stereocenters. The summed E-state index contributed by atoms with van der Waals surface area (Å²) in [5.74, 6) is 0.202. The minimum atomic E-state index is -0.620. The second-order valence-corrected chi connectivity index (χ2v) is 9.97. The second kappa shape index (κ2) is 10.8. The molecular weight excluding hydrogens is 456 g/mol. The van der Waals surface area contributed by atoms with Gasteiger partial charge in [0.05, 0.1) is 0 Å². The van der Waals surface area contributed by atoms with Gasteiger partial charge in [-0.05, 0) is 61.6 Å². The Balaban J connectivity index is 2.12. The van der Waals surface area contributed by atoms with E-state index in [2.05, 4.69) is 42.0 Å². The van der Waals surface area contributed by atoms with Crippen molar-refractivity contribution < 1.29 is 14.3 Å². The lowest BCUT2D eigenvalue weighted by atomic mass is 9.87. The van der Waals surface area contributed by atoms with Crippen molar-refractivity contribution in [1.82, 2.24) is 10.2 Å². The van der Waals surface area contributed by atoms with Crippen LogP contribution in [0.5, 0.6) is 5.75 Å². The summed E-state index contributed by atoms with van der Waals surface area (Å²) in [6, 6.07) is 14.9. The van der Waals surface area contributed by atoms with E-state index in [1.807, 2.05) is 62.4 Å². The van der Waals surface area contributed by atoms with E-state index in [0.717, 1.165) is 10.0 Å². The molecule has 0 spiro atoms. The number of carbonyl (C=O) groups excluding carboxylic acids is 2. The third kappa shape index (κ3) is 7.69. The Morgan fingerprint density at radius 3 is 2.10 bits per heavy atom. The van der Waals surface area contributed by atoms with Gasteiger partial charge in [-0.15, -0.1) is 0 Å². The molecule has 168 valence electrons. The molecule has 1 N–H and O–H groups in total. The average Bonchev–Trinajstić information content (AvgIpc) is 2.70. The van der Waals surface area contributed by atoms with E-state index >= 15 is 0 Å². The zero-order valence-corrected chi connectivity index (χ0v) is 20.8. The Labute approximate surface area is 194 Å². The van der Waals surface area contributed by atoms with E-state index in [9.17, 15) is 9.59 Å². The third-order valence-electron chi connectivity index (χ3n) is 4.95. The number of rotatable bonds is 8. The normalized spacial score (nSPS) is 12.4. The first-order valence-corrected chi connectivity index (χ1v) is 11.3. The van der Waals surface area contributed by atoms with Gasteiger partial charge in [-0.3, -0.25) is 9.59 Å².